The van der Waals surface area contributed by atoms with Crippen molar-refractivity contribution in [1.82, 2.24) is 16.1 Å². The lowest BCUT2D eigenvalue weighted by atomic mass is 9.78. The van der Waals surface area contributed by atoms with Gasteiger partial charge in [-0.25, -0.2) is 4.79 Å². The lowest BCUT2D eigenvalue weighted by Gasteiger charge is -2.28. The van der Waals surface area contributed by atoms with E-state index in [9.17, 15) is 24.6 Å². The molecule has 0 aromatic heterocycles. The van der Waals surface area contributed by atoms with Crippen LogP contribution in [0.3, 0.4) is 0 Å². The monoisotopic (exact) mass is 555 g/mol. The highest BCUT2D eigenvalue weighted by molar-refractivity contribution is 6.04. The molecule has 0 heterocycles. The van der Waals surface area contributed by atoms with E-state index in [1.165, 1.54) is 0 Å². The van der Waals surface area contributed by atoms with Crippen molar-refractivity contribution in [2.24, 2.45) is 5.92 Å². The normalized spacial score (nSPS) is 13.5. The highest BCUT2D eigenvalue weighted by Crippen LogP contribution is 2.39. The maximum Gasteiger partial charge on any atom is 0.336 e. The van der Waals surface area contributed by atoms with Gasteiger partial charge >= 0.3 is 5.97 Å². The van der Waals surface area contributed by atoms with E-state index in [4.69, 9.17) is 4.84 Å². The Labute approximate surface area is 237 Å². The number of carbonyl (C=O) groups is 3. The summed E-state index contributed by atoms with van der Waals surface area (Å²) in [6, 6.07) is 10.4. The van der Waals surface area contributed by atoms with Crippen molar-refractivity contribution in [3.8, 4) is 5.75 Å². The second-order valence-corrected chi connectivity index (χ2v) is 12.6. The Morgan fingerprint density at radius 2 is 1.43 bits per heavy atom. The lowest BCUT2D eigenvalue weighted by Crippen LogP contribution is -2.56. The number of amides is 2. The number of phenolic OH excluding ortho intramolecular Hbond substituents is 1. The highest BCUT2D eigenvalue weighted by atomic mass is 16.6. The Morgan fingerprint density at radius 3 is 1.90 bits per heavy atom. The van der Waals surface area contributed by atoms with E-state index in [2.05, 4.69) is 16.1 Å². The number of aliphatic carboxylic acids is 1. The van der Waals surface area contributed by atoms with E-state index >= 15 is 0 Å². The molecular weight excluding hydrogens is 510 g/mol. The number of nitrogens with one attached hydrogen (secondary N) is 3. The first-order valence-electron chi connectivity index (χ1n) is 13.6. The minimum absolute atomic E-state index is 0.0266. The molecule has 0 aliphatic rings. The standard InChI is InChI=1S/C31H45N3O6/c1-19(2)14-24(34-40-18-20-12-10-9-11-13-20)27(36)33-25(29(38)39)28(37)32-17-21-15-22(30(3,4)5)26(35)23(16-21)31(6,7)8/h9-13,15-16,19,24-25,34-35H,14,17-18H2,1-8H3,(H,32,37)(H,33,36)(H,38,39). The summed E-state index contributed by atoms with van der Waals surface area (Å²) in [6.07, 6.45) is 0.368. The van der Waals surface area contributed by atoms with Crippen LogP contribution in [-0.4, -0.2) is 40.1 Å². The number of carbonyl (C=O) groups excluding carboxylic acids is 2. The van der Waals surface area contributed by atoms with Crippen molar-refractivity contribution < 1.29 is 29.4 Å². The van der Waals surface area contributed by atoms with Crippen LogP contribution in [0.25, 0.3) is 0 Å². The van der Waals surface area contributed by atoms with Gasteiger partial charge in [-0.05, 0) is 57.6 Å². The highest BCUT2D eigenvalue weighted by Gasteiger charge is 2.32. The molecule has 0 aliphatic carbocycles. The van der Waals surface area contributed by atoms with E-state index in [0.29, 0.717) is 12.0 Å². The smallest absolute Gasteiger partial charge is 0.336 e. The summed E-state index contributed by atoms with van der Waals surface area (Å²) >= 11 is 0. The van der Waals surface area contributed by atoms with Crippen LogP contribution in [0.2, 0.25) is 0 Å². The van der Waals surface area contributed by atoms with Gasteiger partial charge in [0.25, 0.3) is 5.91 Å². The predicted molar refractivity (Wildman–Crippen MR) is 155 cm³/mol. The topological polar surface area (TPSA) is 137 Å². The fraction of sp³-hybridized carbons (Fsp3) is 0.516. The quantitative estimate of drug-likeness (QED) is 0.194. The zero-order valence-electron chi connectivity index (χ0n) is 24.9. The van der Waals surface area contributed by atoms with Gasteiger partial charge in [0.1, 0.15) is 11.8 Å². The molecule has 0 saturated heterocycles. The van der Waals surface area contributed by atoms with E-state index in [-0.39, 0.29) is 35.6 Å². The molecule has 9 nitrogen and oxygen atoms in total. The third-order valence-electron chi connectivity index (χ3n) is 6.38. The van der Waals surface area contributed by atoms with Crippen molar-refractivity contribution >= 4 is 17.8 Å². The number of carboxylic acid groups (broad SMARTS) is 1. The maximum absolute atomic E-state index is 13.0. The Balaban J connectivity index is 2.15. The second kappa shape index (κ2) is 13.8. The van der Waals surface area contributed by atoms with Crippen LogP contribution in [0.15, 0.2) is 42.5 Å². The molecule has 0 spiro atoms. The minimum Gasteiger partial charge on any atom is -0.507 e. The number of hydrogen-bond acceptors (Lipinski definition) is 6. The van der Waals surface area contributed by atoms with Crippen molar-refractivity contribution in [2.75, 3.05) is 0 Å². The summed E-state index contributed by atoms with van der Waals surface area (Å²) < 4.78 is 0. The average Bonchev–Trinajstić information content (AvgIpc) is 2.84. The number of phenols is 1. The van der Waals surface area contributed by atoms with E-state index in [1.54, 1.807) is 0 Å². The minimum atomic E-state index is -1.79. The molecule has 0 fully saturated rings. The van der Waals surface area contributed by atoms with E-state index in [1.807, 2.05) is 97.9 Å². The molecule has 2 unspecified atom stereocenters. The number of carboxylic acids is 1. The van der Waals surface area contributed by atoms with Crippen LogP contribution in [0.5, 0.6) is 5.75 Å². The Morgan fingerprint density at radius 1 is 0.875 bits per heavy atom. The summed E-state index contributed by atoms with van der Waals surface area (Å²) in [5.74, 6) is -2.67. The van der Waals surface area contributed by atoms with Gasteiger partial charge in [0.05, 0.1) is 6.61 Å². The van der Waals surface area contributed by atoms with Gasteiger partial charge in [-0.15, -0.1) is 0 Å². The molecule has 2 aromatic carbocycles. The van der Waals surface area contributed by atoms with Crippen molar-refractivity contribution in [1.29, 1.82) is 0 Å². The van der Waals surface area contributed by atoms with Gasteiger partial charge in [0.15, 0.2) is 0 Å². The maximum atomic E-state index is 13.0. The molecule has 2 aromatic rings. The van der Waals surface area contributed by atoms with Crippen LogP contribution in [0.1, 0.15) is 84.1 Å². The van der Waals surface area contributed by atoms with Gasteiger partial charge < -0.3 is 20.8 Å². The molecule has 2 rings (SSSR count). The second-order valence-electron chi connectivity index (χ2n) is 12.6. The van der Waals surface area contributed by atoms with Crippen LogP contribution in [0.4, 0.5) is 0 Å². The number of rotatable bonds is 12. The van der Waals surface area contributed by atoms with Gasteiger partial charge in [-0.1, -0.05) is 85.7 Å². The van der Waals surface area contributed by atoms with Crippen LogP contribution in [-0.2, 0) is 43.2 Å². The largest absolute Gasteiger partial charge is 0.507 e. The number of benzene rings is 2. The summed E-state index contributed by atoms with van der Waals surface area (Å²) in [5.41, 5.74) is 5.08. The van der Waals surface area contributed by atoms with Gasteiger partial charge in [-0.2, -0.15) is 5.48 Å². The molecule has 5 N–H and O–H groups in total. The fourth-order valence-corrected chi connectivity index (χ4v) is 4.19. The Bertz CT molecular complexity index is 1130. The SMILES string of the molecule is CC(C)CC(NOCc1ccccc1)C(=O)NC(C(=O)O)C(=O)NCc1cc(C(C)(C)C)c(O)c(C(C)(C)C)c1. The Hall–Kier alpha value is -3.43. The summed E-state index contributed by atoms with van der Waals surface area (Å²) in [6.45, 7) is 16.0. The fourth-order valence-electron chi connectivity index (χ4n) is 4.19. The van der Waals surface area contributed by atoms with Crippen molar-refractivity contribution in [3.63, 3.8) is 0 Å². The van der Waals surface area contributed by atoms with Gasteiger partial charge in [-0.3, -0.25) is 14.4 Å². The molecule has 0 bridgehead atoms. The molecule has 2 amide bonds. The molecule has 9 heteroatoms. The molecule has 0 aliphatic heterocycles. The molecule has 2 atom stereocenters. The van der Waals surface area contributed by atoms with Crippen LogP contribution in [0, 0.1) is 5.92 Å². The summed E-state index contributed by atoms with van der Waals surface area (Å²) in [7, 11) is 0. The van der Waals surface area contributed by atoms with Crippen molar-refractivity contribution in [2.45, 2.75) is 97.9 Å². The van der Waals surface area contributed by atoms with E-state index in [0.717, 1.165) is 16.7 Å². The van der Waals surface area contributed by atoms with E-state index < -0.39 is 29.9 Å². The summed E-state index contributed by atoms with van der Waals surface area (Å²) in [4.78, 5) is 43.5. The van der Waals surface area contributed by atoms with Gasteiger partial charge in [0.2, 0.25) is 11.9 Å². The van der Waals surface area contributed by atoms with Crippen molar-refractivity contribution in [3.05, 3.63) is 64.7 Å². The molecule has 0 saturated carbocycles. The summed E-state index contributed by atoms with van der Waals surface area (Å²) in [5, 5.41) is 25.7. The molecule has 40 heavy (non-hydrogen) atoms. The Kier molecular flexibility index (Phi) is 11.3. The third kappa shape index (κ3) is 9.64. The third-order valence-corrected chi connectivity index (χ3v) is 6.38. The number of aromatic hydroxyl groups is 1. The molecular formula is C31H45N3O6. The predicted octanol–water partition coefficient (Wildman–Crippen LogP) is 4.31. The van der Waals surface area contributed by atoms with Gasteiger partial charge in [0, 0.05) is 6.54 Å². The van der Waals surface area contributed by atoms with Crippen LogP contribution >= 0.6 is 0 Å². The first-order chi connectivity index (χ1) is 18.5. The lowest BCUT2D eigenvalue weighted by molar-refractivity contribution is -0.147. The number of hydrogen-bond donors (Lipinski definition) is 5. The molecule has 220 valence electrons. The average molecular weight is 556 g/mol. The zero-order valence-corrected chi connectivity index (χ0v) is 24.9. The zero-order chi connectivity index (χ0) is 30.3. The first kappa shape index (κ1) is 32.8. The first-order valence-corrected chi connectivity index (χ1v) is 13.6. The van der Waals surface area contributed by atoms with Crippen LogP contribution < -0.4 is 16.1 Å². The molecule has 0 radical (unpaired) electrons. The number of hydroxylamine groups is 1.